The zero-order chi connectivity index (χ0) is 24.6. The van der Waals surface area contributed by atoms with E-state index < -0.39 is 0 Å². The number of aliphatic hydroxyl groups is 1. The molecule has 0 spiro atoms. The summed E-state index contributed by atoms with van der Waals surface area (Å²) in [6, 6.07) is 24.4. The first-order valence-corrected chi connectivity index (χ1v) is 12.6. The molecule has 1 atom stereocenters. The van der Waals surface area contributed by atoms with Crippen LogP contribution in [0.2, 0.25) is 5.02 Å². The van der Waals surface area contributed by atoms with Crippen LogP contribution < -0.4 is 5.32 Å². The normalized spacial score (nSPS) is 13.5. The first-order valence-electron chi connectivity index (χ1n) is 12.3. The molecule has 5 heteroatoms. The van der Waals surface area contributed by atoms with Crippen LogP contribution in [0.5, 0.6) is 0 Å². The highest BCUT2D eigenvalue weighted by molar-refractivity contribution is 6.30. The lowest BCUT2D eigenvalue weighted by Crippen LogP contribution is -2.45. The van der Waals surface area contributed by atoms with Crippen LogP contribution >= 0.6 is 11.6 Å². The van der Waals surface area contributed by atoms with Gasteiger partial charge in [-0.2, -0.15) is 0 Å². The number of halogens is 1. The van der Waals surface area contributed by atoms with Crippen LogP contribution in [0.25, 0.3) is 5.57 Å². The molecule has 1 unspecified atom stereocenters. The zero-order valence-corrected chi connectivity index (χ0v) is 21.0. The number of benzene rings is 3. The van der Waals surface area contributed by atoms with Gasteiger partial charge >= 0.3 is 0 Å². The monoisotopic (exact) mass is 488 g/mol. The van der Waals surface area contributed by atoms with E-state index in [9.17, 15) is 9.90 Å². The number of fused-ring (bicyclic) bond motifs is 2. The molecule has 3 aromatic carbocycles. The number of hydrogen-bond donors (Lipinski definition) is 2. The van der Waals surface area contributed by atoms with Crippen LogP contribution in [0, 0.1) is 0 Å². The summed E-state index contributed by atoms with van der Waals surface area (Å²) in [4.78, 5) is 15.0. The summed E-state index contributed by atoms with van der Waals surface area (Å²) in [5.74, 6) is -0.0747. The van der Waals surface area contributed by atoms with Crippen LogP contribution in [0.1, 0.15) is 40.7 Å². The molecule has 182 valence electrons. The van der Waals surface area contributed by atoms with E-state index in [0.29, 0.717) is 24.5 Å². The minimum absolute atomic E-state index is 0.0365. The predicted octanol–water partition coefficient (Wildman–Crippen LogP) is 5.26. The second-order valence-electron chi connectivity index (χ2n) is 9.07. The number of aryl methyl sites for hydroxylation is 2. The van der Waals surface area contributed by atoms with E-state index in [1.165, 1.54) is 27.8 Å². The van der Waals surface area contributed by atoms with E-state index in [0.717, 1.165) is 24.8 Å². The molecule has 3 aromatic rings. The van der Waals surface area contributed by atoms with Crippen LogP contribution in [-0.4, -0.2) is 42.2 Å². The zero-order valence-electron chi connectivity index (χ0n) is 20.2. The van der Waals surface area contributed by atoms with Gasteiger partial charge in [-0.05, 0) is 78.3 Å². The van der Waals surface area contributed by atoms with Gasteiger partial charge in [-0.15, -0.1) is 0 Å². The van der Waals surface area contributed by atoms with Crippen molar-refractivity contribution < 1.29 is 9.90 Å². The smallest absolute Gasteiger partial charge is 0.237 e. The summed E-state index contributed by atoms with van der Waals surface area (Å²) >= 11 is 5.95. The number of hydrogen-bond acceptors (Lipinski definition) is 3. The fourth-order valence-electron chi connectivity index (χ4n) is 4.79. The first-order chi connectivity index (χ1) is 17.1. The molecule has 1 amide bonds. The molecule has 0 saturated carbocycles. The van der Waals surface area contributed by atoms with Crippen molar-refractivity contribution in [1.29, 1.82) is 0 Å². The first kappa shape index (κ1) is 25.2. The van der Waals surface area contributed by atoms with E-state index in [-0.39, 0.29) is 18.6 Å². The van der Waals surface area contributed by atoms with E-state index in [1.807, 2.05) is 36.2 Å². The van der Waals surface area contributed by atoms with Crippen LogP contribution in [0.15, 0.2) is 78.9 Å². The van der Waals surface area contributed by atoms with Crippen LogP contribution in [0.3, 0.4) is 0 Å². The fourth-order valence-corrected chi connectivity index (χ4v) is 4.91. The Bertz CT molecular complexity index is 1120. The molecule has 0 fully saturated rings. The van der Waals surface area contributed by atoms with Gasteiger partial charge in [-0.1, -0.05) is 78.3 Å². The Kier molecular flexibility index (Phi) is 8.75. The molecular formula is C30H33ClN2O2. The van der Waals surface area contributed by atoms with Crippen molar-refractivity contribution in [1.82, 2.24) is 10.2 Å². The second kappa shape index (κ2) is 12.2. The Hall–Kier alpha value is -2.92. The lowest BCUT2D eigenvalue weighted by Gasteiger charge is -2.26. The lowest BCUT2D eigenvalue weighted by molar-refractivity contribution is -0.126. The van der Waals surface area contributed by atoms with Gasteiger partial charge in [-0.25, -0.2) is 0 Å². The maximum absolute atomic E-state index is 12.9. The molecule has 0 aliphatic heterocycles. The Morgan fingerprint density at radius 3 is 2.20 bits per heavy atom. The number of carbonyl (C=O) groups excluding carboxylic acids is 1. The quantitative estimate of drug-likeness (QED) is 0.432. The maximum Gasteiger partial charge on any atom is 0.237 e. The third-order valence-corrected chi connectivity index (χ3v) is 6.98. The van der Waals surface area contributed by atoms with Gasteiger partial charge in [0.25, 0.3) is 0 Å². The van der Waals surface area contributed by atoms with Crippen molar-refractivity contribution in [2.45, 2.75) is 38.3 Å². The minimum atomic E-state index is -0.389. The van der Waals surface area contributed by atoms with Crippen molar-refractivity contribution in [2.24, 2.45) is 0 Å². The van der Waals surface area contributed by atoms with Crippen molar-refractivity contribution in [2.75, 3.05) is 20.2 Å². The Balaban J connectivity index is 1.45. The Morgan fingerprint density at radius 1 is 1.00 bits per heavy atom. The Labute approximate surface area is 213 Å². The standard InChI is InChI=1S/C30H33ClN2O2/c1-33(29(18-20-34)30(35)32-21-22-12-16-25(31)17-13-22)19-6-11-28-26-9-4-2-7-23(26)14-15-24-8-3-5-10-27(24)28/h2-5,7-13,16-17,29,34H,6,14-15,18-21H2,1H3,(H,32,35). The van der Waals surface area contributed by atoms with E-state index in [4.69, 9.17) is 11.6 Å². The maximum atomic E-state index is 12.9. The highest BCUT2D eigenvalue weighted by atomic mass is 35.5. The van der Waals surface area contributed by atoms with Gasteiger partial charge in [0.2, 0.25) is 5.91 Å². The molecule has 4 rings (SSSR count). The van der Waals surface area contributed by atoms with Crippen LogP contribution in [-0.2, 0) is 24.2 Å². The number of amides is 1. The predicted molar refractivity (Wildman–Crippen MR) is 143 cm³/mol. The average molecular weight is 489 g/mol. The highest BCUT2D eigenvalue weighted by Crippen LogP contribution is 2.33. The largest absolute Gasteiger partial charge is 0.396 e. The minimum Gasteiger partial charge on any atom is -0.396 e. The van der Waals surface area contributed by atoms with E-state index in [2.05, 4.69) is 59.9 Å². The summed E-state index contributed by atoms with van der Waals surface area (Å²) in [6.07, 6.45) is 5.58. The summed E-state index contributed by atoms with van der Waals surface area (Å²) in [5.41, 5.74) is 7.61. The molecule has 0 heterocycles. The van der Waals surface area contributed by atoms with E-state index >= 15 is 0 Å². The molecule has 0 radical (unpaired) electrons. The molecule has 0 bridgehead atoms. The summed E-state index contributed by atoms with van der Waals surface area (Å²) in [7, 11) is 1.95. The summed E-state index contributed by atoms with van der Waals surface area (Å²) in [6.45, 7) is 1.11. The van der Waals surface area contributed by atoms with Gasteiger partial charge in [0.1, 0.15) is 0 Å². The van der Waals surface area contributed by atoms with Crippen LogP contribution in [0.4, 0.5) is 0 Å². The molecule has 4 nitrogen and oxygen atoms in total. The summed E-state index contributed by atoms with van der Waals surface area (Å²) in [5, 5.41) is 13.3. The van der Waals surface area contributed by atoms with Gasteiger partial charge in [0.15, 0.2) is 0 Å². The van der Waals surface area contributed by atoms with Crippen molar-refractivity contribution in [3.8, 4) is 0 Å². The van der Waals surface area contributed by atoms with Crippen molar-refractivity contribution >= 4 is 23.1 Å². The molecular weight excluding hydrogens is 456 g/mol. The number of nitrogens with zero attached hydrogens (tertiary/aromatic N) is 1. The molecule has 1 aliphatic rings. The van der Waals surface area contributed by atoms with E-state index in [1.54, 1.807) is 0 Å². The number of rotatable bonds is 9. The van der Waals surface area contributed by atoms with Crippen molar-refractivity contribution in [3.05, 3.63) is 112 Å². The SMILES string of the molecule is CN(CCC=C1c2ccccc2CCc2ccccc21)C(CCO)C(=O)NCc1ccc(Cl)cc1. The number of aliphatic hydroxyl groups excluding tert-OH is 1. The molecule has 2 N–H and O–H groups in total. The topological polar surface area (TPSA) is 52.6 Å². The van der Waals surface area contributed by atoms with Gasteiger partial charge in [0, 0.05) is 24.7 Å². The Morgan fingerprint density at radius 2 is 1.60 bits per heavy atom. The van der Waals surface area contributed by atoms with Gasteiger partial charge in [0.05, 0.1) is 6.04 Å². The fraction of sp³-hybridized carbons (Fsp3) is 0.300. The lowest BCUT2D eigenvalue weighted by atomic mass is 9.93. The second-order valence-corrected chi connectivity index (χ2v) is 9.51. The van der Waals surface area contributed by atoms with Gasteiger partial charge < -0.3 is 10.4 Å². The molecule has 1 aliphatic carbocycles. The number of likely N-dealkylation sites (N-methyl/N-ethyl adjacent to an activating group) is 1. The summed E-state index contributed by atoms with van der Waals surface area (Å²) < 4.78 is 0. The average Bonchev–Trinajstić information content (AvgIpc) is 3.04. The number of nitrogens with one attached hydrogen (secondary N) is 1. The third kappa shape index (κ3) is 6.40. The highest BCUT2D eigenvalue weighted by Gasteiger charge is 2.22. The third-order valence-electron chi connectivity index (χ3n) is 6.73. The molecule has 35 heavy (non-hydrogen) atoms. The van der Waals surface area contributed by atoms with Crippen molar-refractivity contribution in [3.63, 3.8) is 0 Å². The van der Waals surface area contributed by atoms with Gasteiger partial charge in [-0.3, -0.25) is 9.69 Å². The molecule has 0 saturated heterocycles. The number of carbonyl (C=O) groups is 1. The molecule has 0 aromatic heterocycles.